The number of hydrogen-bond acceptors (Lipinski definition) is 4. The molecular formula is C8H8N4O. The van der Waals surface area contributed by atoms with Gasteiger partial charge in [0.25, 0.3) is 0 Å². The fourth-order valence-electron chi connectivity index (χ4n) is 1.11. The summed E-state index contributed by atoms with van der Waals surface area (Å²) in [7, 11) is 0. The Hall–Kier alpha value is -1.91. The van der Waals surface area contributed by atoms with Crippen molar-refractivity contribution in [3.8, 4) is 0 Å². The lowest BCUT2D eigenvalue weighted by atomic mass is 10.5. The second kappa shape index (κ2) is 3.22. The fraction of sp³-hybridized carbons (Fsp3) is 0.125. The molecule has 0 bridgehead atoms. The first kappa shape index (κ1) is 7.72. The summed E-state index contributed by atoms with van der Waals surface area (Å²) in [5.41, 5.74) is 1.53. The molecule has 1 N–H and O–H groups in total. The molecule has 66 valence electrons. The molecule has 5 heteroatoms. The molecule has 2 rings (SSSR count). The molecule has 0 unspecified atom stereocenters. The lowest BCUT2D eigenvalue weighted by Gasteiger charge is -1.95. The molecule has 2 heterocycles. The Labute approximate surface area is 74.4 Å². The van der Waals surface area contributed by atoms with Crippen LogP contribution in [0.1, 0.15) is 0 Å². The molecule has 0 fully saturated rings. The van der Waals surface area contributed by atoms with E-state index in [1.54, 1.807) is 18.6 Å². The third-order valence-electron chi connectivity index (χ3n) is 1.69. The van der Waals surface area contributed by atoms with E-state index in [2.05, 4.69) is 15.0 Å². The Morgan fingerprint density at radius 2 is 2.38 bits per heavy atom. The summed E-state index contributed by atoms with van der Waals surface area (Å²) in [5.74, 6) is 0. The highest BCUT2D eigenvalue weighted by Crippen LogP contribution is 2.06. The van der Waals surface area contributed by atoms with Gasteiger partial charge in [0.05, 0.1) is 18.8 Å². The standard InChI is InChI=1S/C8H8N4O/c13-3-1-2-12-6-11-7-4-9-5-10-8(7)12/h1,3-6,13H,2H2. The second-order valence-corrected chi connectivity index (χ2v) is 2.51. The van der Waals surface area contributed by atoms with Crippen LogP contribution in [0.4, 0.5) is 0 Å². The van der Waals surface area contributed by atoms with Gasteiger partial charge in [-0.05, 0) is 6.08 Å². The van der Waals surface area contributed by atoms with Crippen molar-refractivity contribution in [2.45, 2.75) is 6.54 Å². The summed E-state index contributed by atoms with van der Waals surface area (Å²) in [6, 6.07) is 0. The van der Waals surface area contributed by atoms with Crippen LogP contribution in [0.2, 0.25) is 0 Å². The molecule has 0 aliphatic rings. The van der Waals surface area contributed by atoms with Gasteiger partial charge in [-0.1, -0.05) is 0 Å². The van der Waals surface area contributed by atoms with Crippen LogP contribution >= 0.6 is 0 Å². The lowest BCUT2D eigenvalue weighted by molar-refractivity contribution is 0.469. The van der Waals surface area contributed by atoms with E-state index >= 15 is 0 Å². The Bertz CT molecular complexity index is 434. The van der Waals surface area contributed by atoms with Crippen molar-refractivity contribution in [3.05, 3.63) is 31.2 Å². The fourth-order valence-corrected chi connectivity index (χ4v) is 1.11. The van der Waals surface area contributed by atoms with E-state index < -0.39 is 0 Å². The largest absolute Gasteiger partial charge is 0.516 e. The van der Waals surface area contributed by atoms with Crippen LogP contribution in [0.25, 0.3) is 11.2 Å². The zero-order valence-electron chi connectivity index (χ0n) is 6.83. The number of allylic oxidation sites excluding steroid dienone is 1. The van der Waals surface area contributed by atoms with E-state index in [-0.39, 0.29) is 0 Å². The van der Waals surface area contributed by atoms with Crippen molar-refractivity contribution in [2.24, 2.45) is 0 Å². The normalized spacial score (nSPS) is 11.4. The van der Waals surface area contributed by atoms with E-state index in [1.807, 2.05) is 4.57 Å². The number of aliphatic hydroxyl groups is 1. The van der Waals surface area contributed by atoms with Crippen LogP contribution in [-0.2, 0) is 6.54 Å². The molecule has 0 aliphatic carbocycles. The first-order chi connectivity index (χ1) is 6.42. The average Bonchev–Trinajstić information content (AvgIpc) is 2.58. The van der Waals surface area contributed by atoms with Crippen LogP contribution < -0.4 is 0 Å². The van der Waals surface area contributed by atoms with Crippen LogP contribution in [0.15, 0.2) is 31.2 Å². The summed E-state index contributed by atoms with van der Waals surface area (Å²) in [5, 5.41) is 8.49. The number of rotatable bonds is 2. The van der Waals surface area contributed by atoms with Gasteiger partial charge in [0, 0.05) is 6.54 Å². The maximum absolute atomic E-state index is 8.49. The molecular weight excluding hydrogens is 168 g/mol. The van der Waals surface area contributed by atoms with Crippen molar-refractivity contribution >= 4 is 11.2 Å². The molecule has 5 nitrogen and oxygen atoms in total. The number of imidazole rings is 1. The maximum Gasteiger partial charge on any atom is 0.163 e. The Morgan fingerprint density at radius 1 is 1.46 bits per heavy atom. The van der Waals surface area contributed by atoms with Gasteiger partial charge in [0.15, 0.2) is 5.65 Å². The monoisotopic (exact) mass is 176 g/mol. The third kappa shape index (κ3) is 1.35. The summed E-state index contributed by atoms with van der Waals surface area (Å²) in [6.07, 6.45) is 7.42. The average molecular weight is 176 g/mol. The van der Waals surface area contributed by atoms with Gasteiger partial charge >= 0.3 is 0 Å². The third-order valence-corrected chi connectivity index (χ3v) is 1.69. The van der Waals surface area contributed by atoms with Crippen LogP contribution in [-0.4, -0.2) is 24.6 Å². The summed E-state index contributed by atoms with van der Waals surface area (Å²) in [6.45, 7) is 0.560. The van der Waals surface area contributed by atoms with Crippen molar-refractivity contribution < 1.29 is 5.11 Å². The minimum Gasteiger partial charge on any atom is -0.516 e. The number of hydrogen-bond donors (Lipinski definition) is 1. The number of nitrogens with zero attached hydrogens (tertiary/aromatic N) is 4. The molecule has 13 heavy (non-hydrogen) atoms. The molecule has 0 spiro atoms. The zero-order valence-corrected chi connectivity index (χ0v) is 6.83. The quantitative estimate of drug-likeness (QED) is 0.690. The number of aliphatic hydroxyl groups excluding tert-OH is 1. The minimum absolute atomic E-state index is 0.560. The lowest BCUT2D eigenvalue weighted by Crippen LogP contribution is -1.94. The minimum atomic E-state index is 0.560. The Morgan fingerprint density at radius 3 is 3.23 bits per heavy atom. The highest BCUT2D eigenvalue weighted by atomic mass is 16.2. The highest BCUT2D eigenvalue weighted by Gasteiger charge is 2.00. The summed E-state index contributed by atoms with van der Waals surface area (Å²) >= 11 is 0. The summed E-state index contributed by atoms with van der Waals surface area (Å²) in [4.78, 5) is 12.0. The number of fused-ring (bicyclic) bond motifs is 1. The second-order valence-electron chi connectivity index (χ2n) is 2.51. The highest BCUT2D eigenvalue weighted by molar-refractivity contribution is 5.68. The van der Waals surface area contributed by atoms with E-state index in [9.17, 15) is 0 Å². The molecule has 2 aromatic heterocycles. The Balaban J connectivity index is 2.45. The van der Waals surface area contributed by atoms with Crippen LogP contribution in [0.5, 0.6) is 0 Å². The van der Waals surface area contributed by atoms with E-state index in [0.717, 1.165) is 17.4 Å². The van der Waals surface area contributed by atoms with Crippen molar-refractivity contribution in [2.75, 3.05) is 0 Å². The first-order valence-electron chi connectivity index (χ1n) is 3.82. The van der Waals surface area contributed by atoms with Crippen molar-refractivity contribution in [3.63, 3.8) is 0 Å². The van der Waals surface area contributed by atoms with Crippen LogP contribution in [0, 0.1) is 0 Å². The van der Waals surface area contributed by atoms with Crippen molar-refractivity contribution in [1.29, 1.82) is 0 Å². The van der Waals surface area contributed by atoms with Gasteiger partial charge in [0.1, 0.15) is 11.8 Å². The van der Waals surface area contributed by atoms with Gasteiger partial charge in [-0.25, -0.2) is 15.0 Å². The van der Waals surface area contributed by atoms with Gasteiger partial charge in [0.2, 0.25) is 0 Å². The molecule has 0 aromatic carbocycles. The SMILES string of the molecule is OC=CCn1cnc2cncnc21. The molecule has 0 radical (unpaired) electrons. The molecule has 0 aliphatic heterocycles. The van der Waals surface area contributed by atoms with Gasteiger partial charge < -0.3 is 9.67 Å². The topological polar surface area (TPSA) is 63.8 Å². The van der Waals surface area contributed by atoms with Crippen LogP contribution in [0.3, 0.4) is 0 Å². The molecule has 0 saturated heterocycles. The van der Waals surface area contributed by atoms with Gasteiger partial charge in [-0.3, -0.25) is 0 Å². The summed E-state index contributed by atoms with van der Waals surface area (Å²) < 4.78 is 1.82. The smallest absolute Gasteiger partial charge is 0.163 e. The van der Waals surface area contributed by atoms with E-state index in [0.29, 0.717) is 6.54 Å². The zero-order chi connectivity index (χ0) is 9.10. The molecule has 0 atom stereocenters. The predicted octanol–water partition coefficient (Wildman–Crippen LogP) is 0.898. The predicted molar refractivity (Wildman–Crippen MR) is 47.1 cm³/mol. The van der Waals surface area contributed by atoms with Gasteiger partial charge in [-0.15, -0.1) is 0 Å². The molecule has 0 amide bonds. The number of aromatic nitrogens is 4. The van der Waals surface area contributed by atoms with E-state index in [1.165, 1.54) is 6.33 Å². The van der Waals surface area contributed by atoms with Crippen molar-refractivity contribution in [1.82, 2.24) is 19.5 Å². The van der Waals surface area contributed by atoms with E-state index in [4.69, 9.17) is 5.11 Å². The maximum atomic E-state index is 8.49. The first-order valence-corrected chi connectivity index (χ1v) is 3.82. The molecule has 0 saturated carbocycles. The Kier molecular flexibility index (Phi) is 1.91. The van der Waals surface area contributed by atoms with Gasteiger partial charge in [-0.2, -0.15) is 0 Å². The molecule has 2 aromatic rings.